The van der Waals surface area contributed by atoms with E-state index in [1.807, 2.05) is 4.90 Å². The lowest BCUT2D eigenvalue weighted by Gasteiger charge is -2.33. The van der Waals surface area contributed by atoms with Gasteiger partial charge in [-0.1, -0.05) is 15.9 Å². The zero-order valence-corrected chi connectivity index (χ0v) is 12.1. The number of hydrogen-bond donors (Lipinski definition) is 0. The molecule has 0 aromatic heterocycles. The Hall–Kier alpha value is -0.0900. The Morgan fingerprint density at radius 2 is 1.76 bits per heavy atom. The van der Waals surface area contributed by atoms with E-state index >= 15 is 0 Å². The van der Waals surface area contributed by atoms with Gasteiger partial charge in [0.05, 0.1) is 0 Å². The van der Waals surface area contributed by atoms with Gasteiger partial charge in [0.1, 0.15) is 0 Å². The summed E-state index contributed by atoms with van der Waals surface area (Å²) in [6.45, 7) is 5.81. The lowest BCUT2D eigenvalue weighted by atomic mass is 9.96. The Bertz CT molecular complexity index is 246. The topological polar surface area (TPSA) is 23.6 Å². The van der Waals surface area contributed by atoms with Gasteiger partial charge >= 0.3 is 0 Å². The molecule has 0 aromatic rings. The molecule has 0 aromatic carbocycles. The van der Waals surface area contributed by atoms with Gasteiger partial charge in [-0.05, 0) is 44.7 Å². The van der Waals surface area contributed by atoms with Crippen molar-refractivity contribution in [1.29, 1.82) is 0 Å². The van der Waals surface area contributed by atoms with Crippen molar-refractivity contribution < 1.29 is 4.79 Å². The summed E-state index contributed by atoms with van der Waals surface area (Å²) in [6, 6.07) is 0. The highest BCUT2D eigenvalue weighted by molar-refractivity contribution is 9.09. The van der Waals surface area contributed by atoms with Crippen LogP contribution in [0.3, 0.4) is 0 Å². The van der Waals surface area contributed by atoms with Crippen molar-refractivity contribution in [3.63, 3.8) is 0 Å². The number of piperidine rings is 1. The second-order valence-corrected chi connectivity index (χ2v) is 6.06. The molecule has 2 heterocycles. The van der Waals surface area contributed by atoms with Crippen molar-refractivity contribution in [3.05, 3.63) is 0 Å². The minimum atomic E-state index is 0.321. The van der Waals surface area contributed by atoms with Crippen molar-refractivity contribution in [2.24, 2.45) is 5.92 Å². The molecule has 17 heavy (non-hydrogen) atoms. The third-order valence-electron chi connectivity index (χ3n) is 3.99. The van der Waals surface area contributed by atoms with Crippen LogP contribution in [0.25, 0.3) is 0 Å². The Labute approximate surface area is 113 Å². The third-order valence-corrected chi connectivity index (χ3v) is 4.39. The SMILES string of the molecule is O=C(CCBr)N1CCC(CN2CCCC2)CC1. The standard InChI is InChI=1S/C13H23BrN2O/c14-6-3-13(17)16-9-4-12(5-10-16)11-15-7-1-2-8-15/h12H,1-11H2. The molecule has 0 radical (unpaired) electrons. The van der Waals surface area contributed by atoms with E-state index in [-0.39, 0.29) is 0 Å². The molecule has 2 fully saturated rings. The fraction of sp³-hybridized carbons (Fsp3) is 0.923. The van der Waals surface area contributed by atoms with Crippen LogP contribution in [0.1, 0.15) is 32.1 Å². The van der Waals surface area contributed by atoms with Crippen LogP contribution in [0, 0.1) is 5.92 Å². The Morgan fingerprint density at radius 3 is 2.35 bits per heavy atom. The molecule has 0 saturated carbocycles. The van der Waals surface area contributed by atoms with Crippen LogP contribution in [-0.4, -0.2) is 53.8 Å². The molecular formula is C13H23BrN2O. The van der Waals surface area contributed by atoms with E-state index in [4.69, 9.17) is 0 Å². The number of halogens is 1. The van der Waals surface area contributed by atoms with Crippen LogP contribution >= 0.6 is 15.9 Å². The highest BCUT2D eigenvalue weighted by atomic mass is 79.9. The van der Waals surface area contributed by atoms with Crippen LogP contribution in [-0.2, 0) is 4.79 Å². The number of carbonyl (C=O) groups is 1. The fourth-order valence-electron chi connectivity index (χ4n) is 2.93. The number of hydrogen-bond acceptors (Lipinski definition) is 2. The molecule has 0 aliphatic carbocycles. The van der Waals surface area contributed by atoms with E-state index < -0.39 is 0 Å². The predicted molar refractivity (Wildman–Crippen MR) is 73.4 cm³/mol. The molecule has 0 bridgehead atoms. The molecule has 2 rings (SSSR count). The van der Waals surface area contributed by atoms with E-state index in [0.29, 0.717) is 12.3 Å². The van der Waals surface area contributed by atoms with Gasteiger partial charge in [-0.25, -0.2) is 0 Å². The number of likely N-dealkylation sites (tertiary alicyclic amines) is 2. The lowest BCUT2D eigenvalue weighted by molar-refractivity contribution is -0.132. The summed E-state index contributed by atoms with van der Waals surface area (Å²) in [5.74, 6) is 1.14. The summed E-state index contributed by atoms with van der Waals surface area (Å²) in [4.78, 5) is 16.4. The van der Waals surface area contributed by atoms with Crippen molar-refractivity contribution in [2.45, 2.75) is 32.1 Å². The van der Waals surface area contributed by atoms with Crippen LogP contribution < -0.4 is 0 Å². The van der Waals surface area contributed by atoms with Gasteiger partial charge in [0.25, 0.3) is 0 Å². The summed E-state index contributed by atoms with van der Waals surface area (Å²) >= 11 is 3.33. The van der Waals surface area contributed by atoms with Crippen molar-refractivity contribution in [3.8, 4) is 0 Å². The number of rotatable bonds is 4. The molecule has 2 aliphatic heterocycles. The van der Waals surface area contributed by atoms with Crippen LogP contribution in [0.4, 0.5) is 0 Å². The van der Waals surface area contributed by atoms with Crippen molar-refractivity contribution >= 4 is 21.8 Å². The molecule has 4 heteroatoms. The van der Waals surface area contributed by atoms with Crippen molar-refractivity contribution in [1.82, 2.24) is 9.80 Å². The highest BCUT2D eigenvalue weighted by Crippen LogP contribution is 2.21. The largest absolute Gasteiger partial charge is 0.343 e. The second-order valence-electron chi connectivity index (χ2n) is 5.27. The van der Waals surface area contributed by atoms with Crippen LogP contribution in [0.15, 0.2) is 0 Å². The van der Waals surface area contributed by atoms with Gasteiger partial charge < -0.3 is 9.80 Å². The Balaban J connectivity index is 1.68. The zero-order valence-electron chi connectivity index (χ0n) is 10.5. The molecule has 3 nitrogen and oxygen atoms in total. The van der Waals surface area contributed by atoms with Gasteiger partial charge in [-0.2, -0.15) is 0 Å². The van der Waals surface area contributed by atoms with Crippen LogP contribution in [0.5, 0.6) is 0 Å². The summed E-state index contributed by atoms with van der Waals surface area (Å²) < 4.78 is 0. The first kappa shape index (κ1) is 13.3. The Morgan fingerprint density at radius 1 is 1.12 bits per heavy atom. The first-order valence-corrected chi connectivity index (χ1v) is 7.98. The number of alkyl halides is 1. The summed E-state index contributed by atoms with van der Waals surface area (Å²) in [6.07, 6.45) is 5.80. The van der Waals surface area contributed by atoms with Gasteiger partial charge in [0.15, 0.2) is 0 Å². The first-order chi connectivity index (χ1) is 8.29. The molecule has 0 spiro atoms. The average Bonchev–Trinajstić information content (AvgIpc) is 2.83. The maximum atomic E-state index is 11.7. The van der Waals surface area contributed by atoms with E-state index in [9.17, 15) is 4.79 Å². The second kappa shape index (κ2) is 6.74. The first-order valence-electron chi connectivity index (χ1n) is 6.85. The third kappa shape index (κ3) is 3.95. The molecule has 1 amide bonds. The molecule has 0 N–H and O–H groups in total. The van der Waals surface area contributed by atoms with Gasteiger partial charge in [-0.3, -0.25) is 4.79 Å². The molecule has 98 valence electrons. The Kier molecular flexibility index (Phi) is 5.29. The summed E-state index contributed by atoms with van der Waals surface area (Å²) in [5.41, 5.74) is 0. The van der Waals surface area contributed by atoms with E-state index in [2.05, 4.69) is 20.8 Å². The van der Waals surface area contributed by atoms with Crippen molar-refractivity contribution in [2.75, 3.05) is 38.1 Å². The van der Waals surface area contributed by atoms with Gasteiger partial charge in [0.2, 0.25) is 5.91 Å². The molecule has 0 unspecified atom stereocenters. The average molecular weight is 303 g/mol. The summed E-state index contributed by atoms with van der Waals surface area (Å²) in [5, 5.41) is 0.791. The van der Waals surface area contributed by atoms with E-state index in [1.165, 1.54) is 45.3 Å². The minimum Gasteiger partial charge on any atom is -0.343 e. The monoisotopic (exact) mass is 302 g/mol. The maximum Gasteiger partial charge on any atom is 0.223 e. The quantitative estimate of drug-likeness (QED) is 0.743. The molecule has 0 atom stereocenters. The normalized spacial score (nSPS) is 23.2. The maximum absolute atomic E-state index is 11.7. The fourth-order valence-corrected chi connectivity index (χ4v) is 3.27. The predicted octanol–water partition coefficient (Wildman–Crippen LogP) is 2.11. The minimum absolute atomic E-state index is 0.321. The van der Waals surface area contributed by atoms with Crippen LogP contribution in [0.2, 0.25) is 0 Å². The van der Waals surface area contributed by atoms with E-state index in [0.717, 1.165) is 24.3 Å². The number of amides is 1. The molecule has 2 aliphatic rings. The van der Waals surface area contributed by atoms with Gasteiger partial charge in [-0.15, -0.1) is 0 Å². The number of carbonyl (C=O) groups excluding carboxylic acids is 1. The zero-order chi connectivity index (χ0) is 12.1. The smallest absolute Gasteiger partial charge is 0.223 e. The highest BCUT2D eigenvalue weighted by Gasteiger charge is 2.24. The van der Waals surface area contributed by atoms with E-state index in [1.54, 1.807) is 0 Å². The molecule has 2 saturated heterocycles. The lowest BCUT2D eigenvalue weighted by Crippen LogP contribution is -2.41. The molecular weight excluding hydrogens is 280 g/mol. The number of nitrogens with zero attached hydrogens (tertiary/aromatic N) is 2. The van der Waals surface area contributed by atoms with Gasteiger partial charge in [0, 0.05) is 31.4 Å². The summed E-state index contributed by atoms with van der Waals surface area (Å²) in [7, 11) is 0.